The first-order valence-electron chi connectivity index (χ1n) is 9.71. The van der Waals surface area contributed by atoms with Crippen LogP contribution in [0.3, 0.4) is 0 Å². The van der Waals surface area contributed by atoms with Crippen LogP contribution in [0.25, 0.3) is 0 Å². The fourth-order valence-electron chi connectivity index (χ4n) is 7.44. The summed E-state index contributed by atoms with van der Waals surface area (Å²) in [5.41, 5.74) is 3.54. The Labute approximate surface area is 139 Å². The van der Waals surface area contributed by atoms with Gasteiger partial charge in [0.15, 0.2) is 0 Å². The average molecular weight is 314 g/mol. The second-order valence-electron chi connectivity index (χ2n) is 9.55. The minimum Gasteiger partial charge on any atom is -0.393 e. The van der Waals surface area contributed by atoms with Gasteiger partial charge in [0.1, 0.15) is 0 Å². The largest absolute Gasteiger partial charge is 0.393 e. The Morgan fingerprint density at radius 3 is 2.78 bits per heavy atom. The van der Waals surface area contributed by atoms with E-state index in [4.69, 9.17) is 0 Å². The molecule has 4 aliphatic carbocycles. The van der Waals surface area contributed by atoms with Crippen molar-refractivity contribution in [3.05, 3.63) is 17.5 Å². The second kappa shape index (κ2) is 4.62. The standard InChI is InChI=1S/C20H30N2O/c1-19-8-7-16-14(15(19)5-6-18(19)23)4-3-13-9-17-12(11-21-22-17)10-20(13,16)2/h11,13-16,18,23H,3-10H2,1-2H3,(H,21,22)/t13-,14-,15-,16-,18-,19+,20+/m1/s1. The first kappa shape index (κ1) is 14.5. The summed E-state index contributed by atoms with van der Waals surface area (Å²) in [4.78, 5) is 0. The number of aliphatic hydroxyl groups is 1. The van der Waals surface area contributed by atoms with Crippen molar-refractivity contribution in [1.82, 2.24) is 10.2 Å². The summed E-state index contributed by atoms with van der Waals surface area (Å²) in [5.74, 6) is 3.29. The van der Waals surface area contributed by atoms with Gasteiger partial charge in [-0.2, -0.15) is 5.10 Å². The molecular formula is C20H30N2O. The summed E-state index contributed by atoms with van der Waals surface area (Å²) in [7, 11) is 0. The number of aromatic amines is 1. The van der Waals surface area contributed by atoms with Gasteiger partial charge < -0.3 is 5.11 Å². The van der Waals surface area contributed by atoms with Crippen LogP contribution in [0.5, 0.6) is 0 Å². The molecule has 5 rings (SSSR count). The molecule has 1 aromatic heterocycles. The van der Waals surface area contributed by atoms with Crippen molar-refractivity contribution < 1.29 is 5.11 Å². The van der Waals surface area contributed by atoms with Crippen molar-refractivity contribution in [2.24, 2.45) is 34.5 Å². The molecule has 0 aromatic carbocycles. The number of hydrogen-bond acceptors (Lipinski definition) is 2. The zero-order chi connectivity index (χ0) is 15.8. The molecule has 3 heteroatoms. The van der Waals surface area contributed by atoms with Crippen molar-refractivity contribution in [3.63, 3.8) is 0 Å². The SMILES string of the molecule is C[C@]12Cc3cn[nH]c3C[C@H]1CC[C@H]1[C@H]2CC[C@]2(C)[C@H](O)CC[C@H]12. The predicted octanol–water partition coefficient (Wildman–Crippen LogP) is 3.73. The van der Waals surface area contributed by atoms with Crippen LogP contribution >= 0.6 is 0 Å². The third-order valence-corrected chi connectivity index (χ3v) is 8.84. The number of nitrogens with zero attached hydrogens (tertiary/aromatic N) is 1. The van der Waals surface area contributed by atoms with Gasteiger partial charge in [0, 0.05) is 5.69 Å². The molecule has 0 spiro atoms. The molecule has 1 heterocycles. The highest BCUT2D eigenvalue weighted by Gasteiger charge is 2.60. The molecular weight excluding hydrogens is 284 g/mol. The van der Waals surface area contributed by atoms with Gasteiger partial charge in [-0.3, -0.25) is 5.10 Å². The number of hydrogen-bond donors (Lipinski definition) is 2. The zero-order valence-corrected chi connectivity index (χ0v) is 14.5. The number of nitrogens with one attached hydrogen (secondary N) is 1. The molecule has 7 atom stereocenters. The third kappa shape index (κ3) is 1.78. The van der Waals surface area contributed by atoms with Gasteiger partial charge in [-0.1, -0.05) is 13.8 Å². The summed E-state index contributed by atoms with van der Waals surface area (Å²) in [6, 6.07) is 0. The lowest BCUT2D eigenvalue weighted by Gasteiger charge is -2.60. The highest BCUT2D eigenvalue weighted by Crippen LogP contribution is 2.65. The van der Waals surface area contributed by atoms with Gasteiger partial charge in [-0.15, -0.1) is 0 Å². The zero-order valence-electron chi connectivity index (χ0n) is 14.5. The maximum absolute atomic E-state index is 10.6. The lowest BCUT2D eigenvalue weighted by atomic mass is 9.45. The molecule has 0 bridgehead atoms. The number of H-pyrrole nitrogens is 1. The Morgan fingerprint density at radius 2 is 1.91 bits per heavy atom. The molecule has 126 valence electrons. The summed E-state index contributed by atoms with van der Waals surface area (Å²) < 4.78 is 0. The van der Waals surface area contributed by atoms with Crippen molar-refractivity contribution >= 4 is 0 Å². The van der Waals surface area contributed by atoms with E-state index in [1.54, 1.807) is 0 Å². The van der Waals surface area contributed by atoms with Crippen molar-refractivity contribution in [3.8, 4) is 0 Å². The van der Waals surface area contributed by atoms with Crippen LogP contribution < -0.4 is 0 Å². The van der Waals surface area contributed by atoms with Crippen molar-refractivity contribution in [2.75, 3.05) is 0 Å². The highest BCUT2D eigenvalue weighted by atomic mass is 16.3. The van der Waals surface area contributed by atoms with E-state index in [-0.39, 0.29) is 11.5 Å². The van der Waals surface area contributed by atoms with Crippen LogP contribution in [0.2, 0.25) is 0 Å². The van der Waals surface area contributed by atoms with E-state index in [1.165, 1.54) is 56.2 Å². The van der Waals surface area contributed by atoms with Gasteiger partial charge in [0.2, 0.25) is 0 Å². The van der Waals surface area contributed by atoms with Gasteiger partial charge in [-0.25, -0.2) is 0 Å². The van der Waals surface area contributed by atoms with Crippen molar-refractivity contribution in [1.29, 1.82) is 0 Å². The average Bonchev–Trinajstić information content (AvgIpc) is 3.08. The summed E-state index contributed by atoms with van der Waals surface area (Å²) in [5, 5.41) is 18.1. The molecule has 2 N–H and O–H groups in total. The quantitative estimate of drug-likeness (QED) is 0.766. The second-order valence-corrected chi connectivity index (χ2v) is 9.55. The van der Waals surface area contributed by atoms with E-state index < -0.39 is 0 Å². The maximum atomic E-state index is 10.6. The molecule has 3 saturated carbocycles. The Balaban J connectivity index is 1.50. The first-order valence-corrected chi connectivity index (χ1v) is 9.71. The van der Waals surface area contributed by atoms with Gasteiger partial charge in [-0.05, 0) is 91.4 Å². The Morgan fingerprint density at radius 1 is 1.09 bits per heavy atom. The molecule has 4 aliphatic rings. The summed E-state index contributed by atoms with van der Waals surface area (Å²) in [6.45, 7) is 4.97. The Kier molecular flexibility index (Phi) is 2.92. The fourth-order valence-corrected chi connectivity index (χ4v) is 7.44. The molecule has 3 nitrogen and oxygen atoms in total. The normalized spacial score (nSPS) is 51.5. The highest BCUT2D eigenvalue weighted by molar-refractivity contribution is 5.25. The Hall–Kier alpha value is -0.830. The van der Waals surface area contributed by atoms with Crippen LogP contribution in [0.4, 0.5) is 0 Å². The molecule has 0 saturated heterocycles. The van der Waals surface area contributed by atoms with Crippen LogP contribution in [0, 0.1) is 34.5 Å². The van der Waals surface area contributed by atoms with Gasteiger partial charge in [0.05, 0.1) is 12.3 Å². The third-order valence-electron chi connectivity index (χ3n) is 8.84. The van der Waals surface area contributed by atoms with E-state index in [2.05, 4.69) is 30.2 Å². The summed E-state index contributed by atoms with van der Waals surface area (Å²) >= 11 is 0. The number of fused-ring (bicyclic) bond motifs is 6. The van der Waals surface area contributed by atoms with Crippen molar-refractivity contribution in [2.45, 2.75) is 71.3 Å². The minimum absolute atomic E-state index is 0.0502. The molecule has 0 amide bonds. The number of aromatic nitrogens is 2. The van der Waals surface area contributed by atoms with E-state index in [1.807, 2.05) is 0 Å². The number of aliphatic hydroxyl groups excluding tert-OH is 1. The van der Waals surface area contributed by atoms with Crippen LogP contribution in [0.15, 0.2) is 6.20 Å². The van der Waals surface area contributed by atoms with E-state index >= 15 is 0 Å². The molecule has 3 fully saturated rings. The smallest absolute Gasteiger partial charge is 0.0596 e. The summed E-state index contributed by atoms with van der Waals surface area (Å²) in [6.07, 6.45) is 12.1. The van der Waals surface area contributed by atoms with Gasteiger partial charge in [0.25, 0.3) is 0 Å². The monoisotopic (exact) mass is 314 g/mol. The number of rotatable bonds is 0. The van der Waals surface area contributed by atoms with Crippen LogP contribution in [-0.2, 0) is 12.8 Å². The lowest BCUT2D eigenvalue weighted by molar-refractivity contribution is -0.111. The first-order chi connectivity index (χ1) is 11.0. The Bertz CT molecular complexity index is 625. The van der Waals surface area contributed by atoms with E-state index in [0.29, 0.717) is 5.41 Å². The fraction of sp³-hybridized carbons (Fsp3) is 0.850. The predicted molar refractivity (Wildman–Crippen MR) is 89.9 cm³/mol. The molecule has 0 aliphatic heterocycles. The topological polar surface area (TPSA) is 48.9 Å². The molecule has 0 unspecified atom stereocenters. The maximum Gasteiger partial charge on any atom is 0.0596 e. The molecule has 23 heavy (non-hydrogen) atoms. The van der Waals surface area contributed by atoms with Crippen LogP contribution in [0.1, 0.15) is 63.6 Å². The van der Waals surface area contributed by atoms with Crippen LogP contribution in [-0.4, -0.2) is 21.4 Å². The van der Waals surface area contributed by atoms with E-state index in [0.717, 1.165) is 30.1 Å². The molecule has 0 radical (unpaired) electrons. The van der Waals surface area contributed by atoms with E-state index in [9.17, 15) is 5.11 Å². The van der Waals surface area contributed by atoms with Gasteiger partial charge >= 0.3 is 0 Å². The molecule has 1 aromatic rings. The minimum atomic E-state index is -0.0502. The lowest BCUT2D eigenvalue weighted by Crippen LogP contribution is -2.54.